The van der Waals surface area contributed by atoms with E-state index in [1.807, 2.05) is 18.2 Å². The van der Waals surface area contributed by atoms with Crippen LogP contribution in [0.3, 0.4) is 0 Å². The predicted molar refractivity (Wildman–Crippen MR) is 115 cm³/mol. The van der Waals surface area contributed by atoms with Gasteiger partial charge in [0.2, 0.25) is 6.79 Å². The number of rotatable bonds is 4. The molecule has 0 saturated carbocycles. The fraction of sp³-hybridized carbons (Fsp3) is 0.350. The van der Waals surface area contributed by atoms with Crippen molar-refractivity contribution in [3.05, 3.63) is 53.1 Å². The van der Waals surface area contributed by atoms with Gasteiger partial charge in [0, 0.05) is 12.2 Å². The highest BCUT2D eigenvalue weighted by atomic mass is 127. The molecule has 0 unspecified atom stereocenters. The summed E-state index contributed by atoms with van der Waals surface area (Å²) in [5.41, 5.74) is 11.2. The Kier molecular flexibility index (Phi) is 6.24. The third-order valence-electron chi connectivity index (χ3n) is 4.78. The highest BCUT2D eigenvalue weighted by Gasteiger charge is 2.14. The van der Waals surface area contributed by atoms with Crippen molar-refractivity contribution < 1.29 is 9.47 Å². The summed E-state index contributed by atoms with van der Waals surface area (Å²) in [6, 6.07) is 12.4. The predicted octanol–water partition coefficient (Wildman–Crippen LogP) is 3.88. The molecule has 0 saturated heterocycles. The molecular weight excluding hydrogens is 441 g/mol. The Balaban J connectivity index is 0.00000196. The number of guanidine groups is 1. The van der Waals surface area contributed by atoms with E-state index >= 15 is 0 Å². The lowest BCUT2D eigenvalue weighted by Crippen LogP contribution is -2.24. The zero-order valence-corrected chi connectivity index (χ0v) is 17.0. The summed E-state index contributed by atoms with van der Waals surface area (Å²) in [4.78, 5) is 4.47. The average Bonchev–Trinajstić information content (AvgIpc) is 3.10. The summed E-state index contributed by atoms with van der Waals surface area (Å²) in [7, 11) is 0. The number of hydrogen-bond acceptors (Lipinski definition) is 3. The van der Waals surface area contributed by atoms with Crippen molar-refractivity contribution in [3.63, 3.8) is 0 Å². The Morgan fingerprint density at radius 3 is 2.85 bits per heavy atom. The van der Waals surface area contributed by atoms with Gasteiger partial charge in [0.05, 0.1) is 0 Å². The second kappa shape index (κ2) is 8.62. The van der Waals surface area contributed by atoms with Crippen LogP contribution in [0.15, 0.2) is 41.4 Å². The third-order valence-corrected chi connectivity index (χ3v) is 4.78. The van der Waals surface area contributed by atoms with Crippen LogP contribution in [-0.4, -0.2) is 19.3 Å². The molecule has 26 heavy (non-hydrogen) atoms. The summed E-state index contributed by atoms with van der Waals surface area (Å²) in [6.07, 6.45) is 5.60. The van der Waals surface area contributed by atoms with Crippen molar-refractivity contribution in [1.29, 1.82) is 0 Å². The van der Waals surface area contributed by atoms with Crippen LogP contribution in [-0.2, 0) is 19.3 Å². The zero-order valence-electron chi connectivity index (χ0n) is 14.7. The molecule has 0 bridgehead atoms. The average molecular weight is 465 g/mol. The fourth-order valence-electron chi connectivity index (χ4n) is 3.48. The highest BCUT2D eigenvalue weighted by molar-refractivity contribution is 14.0. The lowest BCUT2D eigenvalue weighted by atomic mass is 9.90. The minimum atomic E-state index is 0. The number of fused-ring (bicyclic) bond motifs is 2. The maximum atomic E-state index is 6.09. The van der Waals surface area contributed by atoms with Gasteiger partial charge in [-0.05, 0) is 67.0 Å². The molecule has 2 aliphatic rings. The third kappa shape index (κ3) is 4.23. The molecule has 138 valence electrons. The Hall–Kier alpha value is -1.96. The highest BCUT2D eigenvalue weighted by Crippen LogP contribution is 2.32. The van der Waals surface area contributed by atoms with E-state index in [4.69, 9.17) is 15.2 Å². The molecule has 0 fully saturated rings. The number of halogens is 1. The number of nitrogens with zero attached hydrogens (tertiary/aromatic N) is 1. The number of ether oxygens (including phenoxy) is 2. The molecule has 4 rings (SSSR count). The number of nitrogens with one attached hydrogen (secondary N) is 1. The molecule has 1 aliphatic heterocycles. The Morgan fingerprint density at radius 2 is 1.92 bits per heavy atom. The molecule has 2 aromatic carbocycles. The van der Waals surface area contributed by atoms with E-state index in [9.17, 15) is 0 Å². The molecule has 5 nitrogen and oxygen atoms in total. The van der Waals surface area contributed by atoms with Crippen LogP contribution in [0.5, 0.6) is 11.5 Å². The van der Waals surface area contributed by atoms with Gasteiger partial charge >= 0.3 is 0 Å². The number of anilines is 1. The van der Waals surface area contributed by atoms with Gasteiger partial charge in [-0.2, -0.15) is 0 Å². The summed E-state index contributed by atoms with van der Waals surface area (Å²) < 4.78 is 10.7. The summed E-state index contributed by atoms with van der Waals surface area (Å²) in [6.45, 7) is 0.933. The van der Waals surface area contributed by atoms with Crippen LogP contribution < -0.4 is 20.5 Å². The molecule has 3 N–H and O–H groups in total. The van der Waals surface area contributed by atoms with Crippen LogP contribution in [0, 0.1) is 0 Å². The van der Waals surface area contributed by atoms with Gasteiger partial charge in [0.25, 0.3) is 0 Å². The monoisotopic (exact) mass is 465 g/mol. The van der Waals surface area contributed by atoms with E-state index in [-0.39, 0.29) is 24.0 Å². The molecule has 0 amide bonds. The van der Waals surface area contributed by atoms with Gasteiger partial charge in [-0.1, -0.05) is 18.2 Å². The Bertz CT molecular complexity index is 808. The standard InChI is InChI=1S/C20H23N3O2.HI/c21-20(23-17-7-3-5-15-4-1-2-6-16(15)17)22-11-10-14-8-9-18-19(12-14)25-13-24-18;/h3,5,7-9,12H,1-2,4,6,10-11,13H2,(H3,21,22,23);1H. The summed E-state index contributed by atoms with van der Waals surface area (Å²) in [5, 5.41) is 3.28. The number of hydrogen-bond donors (Lipinski definition) is 2. The quantitative estimate of drug-likeness (QED) is 0.409. The van der Waals surface area contributed by atoms with Crippen LogP contribution >= 0.6 is 24.0 Å². The van der Waals surface area contributed by atoms with Gasteiger partial charge < -0.3 is 20.5 Å². The van der Waals surface area contributed by atoms with E-state index < -0.39 is 0 Å². The smallest absolute Gasteiger partial charge is 0.231 e. The SMILES string of the molecule is I.NC(=NCCc1ccc2c(c1)OCO2)Nc1cccc2c1CCCC2. The van der Waals surface area contributed by atoms with E-state index in [0.29, 0.717) is 19.3 Å². The van der Waals surface area contributed by atoms with Gasteiger partial charge in [-0.25, -0.2) is 0 Å². The normalized spacial score (nSPS) is 15.2. The maximum absolute atomic E-state index is 6.09. The van der Waals surface area contributed by atoms with E-state index in [1.54, 1.807) is 0 Å². The van der Waals surface area contributed by atoms with Crippen molar-refractivity contribution in [2.45, 2.75) is 32.1 Å². The molecule has 0 atom stereocenters. The van der Waals surface area contributed by atoms with Crippen LogP contribution in [0.1, 0.15) is 29.5 Å². The molecule has 1 aliphatic carbocycles. The van der Waals surface area contributed by atoms with Crippen LogP contribution in [0.2, 0.25) is 0 Å². The molecule has 0 aromatic heterocycles. The fourth-order valence-corrected chi connectivity index (χ4v) is 3.48. The number of aliphatic imine (C=N–C) groups is 1. The Morgan fingerprint density at radius 1 is 1.08 bits per heavy atom. The number of aryl methyl sites for hydroxylation is 1. The van der Waals surface area contributed by atoms with Gasteiger partial charge in [-0.3, -0.25) is 4.99 Å². The second-order valence-corrected chi connectivity index (χ2v) is 6.48. The maximum Gasteiger partial charge on any atom is 0.231 e. The van der Waals surface area contributed by atoms with Crippen molar-refractivity contribution in [3.8, 4) is 11.5 Å². The lowest BCUT2D eigenvalue weighted by molar-refractivity contribution is 0.174. The first-order valence-electron chi connectivity index (χ1n) is 8.86. The van der Waals surface area contributed by atoms with E-state index in [0.717, 1.165) is 42.0 Å². The second-order valence-electron chi connectivity index (χ2n) is 6.48. The lowest BCUT2D eigenvalue weighted by Gasteiger charge is -2.19. The molecule has 0 radical (unpaired) electrons. The zero-order chi connectivity index (χ0) is 17.1. The topological polar surface area (TPSA) is 68.9 Å². The number of nitrogens with two attached hydrogens (primary N) is 1. The molecular formula is C20H24IN3O2. The van der Waals surface area contributed by atoms with Crippen LogP contribution in [0.25, 0.3) is 0 Å². The summed E-state index contributed by atoms with van der Waals surface area (Å²) >= 11 is 0. The van der Waals surface area contributed by atoms with Crippen LogP contribution in [0.4, 0.5) is 5.69 Å². The number of benzene rings is 2. The largest absolute Gasteiger partial charge is 0.454 e. The van der Waals surface area contributed by atoms with Crippen molar-refractivity contribution in [2.24, 2.45) is 10.7 Å². The molecule has 6 heteroatoms. The van der Waals surface area contributed by atoms with Crippen molar-refractivity contribution in [2.75, 3.05) is 18.7 Å². The van der Waals surface area contributed by atoms with Crippen molar-refractivity contribution >= 4 is 35.6 Å². The molecule has 2 aromatic rings. The first-order valence-corrected chi connectivity index (χ1v) is 8.86. The van der Waals surface area contributed by atoms with E-state index in [2.05, 4.69) is 28.5 Å². The first kappa shape index (κ1) is 18.8. The summed E-state index contributed by atoms with van der Waals surface area (Å²) in [5.74, 6) is 2.09. The van der Waals surface area contributed by atoms with Gasteiger partial charge in [0.1, 0.15) is 0 Å². The first-order chi connectivity index (χ1) is 12.3. The van der Waals surface area contributed by atoms with E-state index in [1.165, 1.54) is 24.0 Å². The Labute approximate surface area is 171 Å². The molecule has 0 spiro atoms. The minimum absolute atomic E-state index is 0. The van der Waals surface area contributed by atoms with Gasteiger partial charge in [0.15, 0.2) is 17.5 Å². The van der Waals surface area contributed by atoms with Gasteiger partial charge in [-0.15, -0.1) is 24.0 Å². The van der Waals surface area contributed by atoms with Crippen molar-refractivity contribution in [1.82, 2.24) is 0 Å². The molecule has 1 heterocycles. The minimum Gasteiger partial charge on any atom is -0.454 e.